The van der Waals surface area contributed by atoms with E-state index in [0.29, 0.717) is 5.56 Å². The summed E-state index contributed by atoms with van der Waals surface area (Å²) in [6.45, 7) is 1.93. The number of nitrogens with zero attached hydrogens (tertiary/aromatic N) is 1. The van der Waals surface area contributed by atoms with Gasteiger partial charge in [0.05, 0.1) is 12.7 Å². The van der Waals surface area contributed by atoms with Gasteiger partial charge in [0, 0.05) is 23.1 Å². The Hall–Kier alpha value is -0.910. The van der Waals surface area contributed by atoms with Crippen LogP contribution in [0.15, 0.2) is 28.7 Å². The second-order valence-corrected chi connectivity index (χ2v) is 4.75. The number of halogens is 1. The van der Waals surface area contributed by atoms with E-state index in [1.54, 1.807) is 31.2 Å². The van der Waals surface area contributed by atoms with Gasteiger partial charge in [-0.15, -0.1) is 0 Å². The summed E-state index contributed by atoms with van der Waals surface area (Å²) in [4.78, 5) is 13.5. The molecule has 17 heavy (non-hydrogen) atoms. The highest BCUT2D eigenvalue weighted by molar-refractivity contribution is 9.10. The maximum atomic E-state index is 12.1. The van der Waals surface area contributed by atoms with Crippen molar-refractivity contribution in [3.63, 3.8) is 0 Å². The first-order valence-electron chi connectivity index (χ1n) is 5.38. The number of aliphatic hydroxyl groups excluding tert-OH is 2. The molecular weight excluding hydrogens is 286 g/mol. The minimum absolute atomic E-state index is 0.116. The molecule has 1 amide bonds. The van der Waals surface area contributed by atoms with Gasteiger partial charge in [-0.25, -0.2) is 0 Å². The van der Waals surface area contributed by atoms with Crippen molar-refractivity contribution in [3.05, 3.63) is 34.3 Å². The topological polar surface area (TPSA) is 60.8 Å². The summed E-state index contributed by atoms with van der Waals surface area (Å²) in [5.41, 5.74) is 0.544. The molecule has 5 heteroatoms. The molecule has 4 nitrogen and oxygen atoms in total. The molecule has 1 atom stereocenters. The van der Waals surface area contributed by atoms with Crippen LogP contribution in [-0.2, 0) is 0 Å². The van der Waals surface area contributed by atoms with E-state index >= 15 is 0 Å². The van der Waals surface area contributed by atoms with Crippen molar-refractivity contribution in [2.75, 3.05) is 19.7 Å². The summed E-state index contributed by atoms with van der Waals surface area (Å²) in [6, 6.07) is 6.98. The molecule has 0 saturated carbocycles. The van der Waals surface area contributed by atoms with Crippen LogP contribution < -0.4 is 0 Å². The molecule has 0 aliphatic heterocycles. The maximum absolute atomic E-state index is 12.1. The number of benzene rings is 1. The van der Waals surface area contributed by atoms with Crippen molar-refractivity contribution in [2.24, 2.45) is 0 Å². The van der Waals surface area contributed by atoms with Gasteiger partial charge in [-0.2, -0.15) is 0 Å². The number of hydrogen-bond acceptors (Lipinski definition) is 3. The summed E-state index contributed by atoms with van der Waals surface area (Å²) < 4.78 is 0.901. The lowest BCUT2D eigenvalue weighted by atomic mass is 10.2. The maximum Gasteiger partial charge on any atom is 0.254 e. The Morgan fingerprint density at radius 1 is 1.41 bits per heavy atom. The lowest BCUT2D eigenvalue weighted by Crippen LogP contribution is -2.38. The number of aliphatic hydroxyl groups is 2. The minimum Gasteiger partial charge on any atom is -0.395 e. The predicted molar refractivity (Wildman–Crippen MR) is 68.8 cm³/mol. The van der Waals surface area contributed by atoms with E-state index in [1.165, 1.54) is 4.90 Å². The van der Waals surface area contributed by atoms with Gasteiger partial charge in [-0.05, 0) is 31.2 Å². The van der Waals surface area contributed by atoms with Gasteiger partial charge >= 0.3 is 0 Å². The van der Waals surface area contributed by atoms with Crippen LogP contribution >= 0.6 is 15.9 Å². The monoisotopic (exact) mass is 301 g/mol. The Morgan fingerprint density at radius 2 is 2.00 bits per heavy atom. The lowest BCUT2D eigenvalue weighted by molar-refractivity contribution is 0.0605. The largest absolute Gasteiger partial charge is 0.395 e. The van der Waals surface area contributed by atoms with Crippen LogP contribution in [0.2, 0.25) is 0 Å². The second-order valence-electron chi connectivity index (χ2n) is 3.83. The number of carbonyl (C=O) groups is 1. The van der Waals surface area contributed by atoms with Gasteiger partial charge in [-0.1, -0.05) is 15.9 Å². The third-order valence-corrected chi connectivity index (χ3v) is 2.76. The van der Waals surface area contributed by atoms with Gasteiger partial charge in [0.2, 0.25) is 0 Å². The summed E-state index contributed by atoms with van der Waals surface area (Å²) in [5, 5.41) is 18.2. The first-order valence-corrected chi connectivity index (χ1v) is 6.17. The molecule has 0 bridgehead atoms. The van der Waals surface area contributed by atoms with Crippen LogP contribution in [-0.4, -0.2) is 46.8 Å². The Bertz CT molecular complexity index is 365. The molecule has 0 aliphatic carbocycles. The molecule has 1 rings (SSSR count). The molecule has 0 saturated heterocycles. The zero-order valence-corrected chi connectivity index (χ0v) is 11.2. The fourth-order valence-corrected chi connectivity index (χ4v) is 1.75. The Balaban J connectivity index is 2.79. The molecule has 0 fully saturated rings. The van der Waals surface area contributed by atoms with E-state index in [4.69, 9.17) is 5.11 Å². The first kappa shape index (κ1) is 14.2. The lowest BCUT2D eigenvalue weighted by Gasteiger charge is -2.23. The number of rotatable bonds is 5. The fourth-order valence-electron chi connectivity index (χ4n) is 1.49. The molecule has 1 aromatic carbocycles. The van der Waals surface area contributed by atoms with Crippen molar-refractivity contribution < 1.29 is 15.0 Å². The van der Waals surface area contributed by atoms with Crippen LogP contribution in [0.25, 0.3) is 0 Å². The quantitative estimate of drug-likeness (QED) is 0.861. The van der Waals surface area contributed by atoms with Gasteiger partial charge in [0.25, 0.3) is 5.91 Å². The molecule has 0 aromatic heterocycles. The Labute approximate surface area is 109 Å². The number of hydrogen-bond donors (Lipinski definition) is 2. The summed E-state index contributed by atoms with van der Waals surface area (Å²) in [5.74, 6) is -0.188. The van der Waals surface area contributed by atoms with Gasteiger partial charge in [0.15, 0.2) is 0 Å². The molecule has 0 radical (unpaired) electrons. The molecule has 1 aromatic rings. The van der Waals surface area contributed by atoms with E-state index in [9.17, 15) is 9.90 Å². The summed E-state index contributed by atoms with van der Waals surface area (Å²) in [6.07, 6.45) is -0.610. The van der Waals surface area contributed by atoms with E-state index in [0.717, 1.165) is 4.47 Å². The van der Waals surface area contributed by atoms with Gasteiger partial charge in [-0.3, -0.25) is 4.79 Å². The molecule has 0 heterocycles. The predicted octanol–water partition coefficient (Wildman–Crippen LogP) is 1.26. The number of amides is 1. The molecule has 2 N–H and O–H groups in total. The van der Waals surface area contributed by atoms with Crippen molar-refractivity contribution in [1.82, 2.24) is 4.90 Å². The normalized spacial score (nSPS) is 12.2. The SMILES string of the molecule is CC(O)CN(CCO)C(=O)c1ccc(Br)cc1. The van der Waals surface area contributed by atoms with E-state index in [1.807, 2.05) is 0 Å². The number of carbonyl (C=O) groups excluding carboxylic acids is 1. The molecule has 0 spiro atoms. The van der Waals surface area contributed by atoms with Crippen LogP contribution in [0.5, 0.6) is 0 Å². The minimum atomic E-state index is -0.610. The van der Waals surface area contributed by atoms with Crippen LogP contribution in [0.3, 0.4) is 0 Å². The highest BCUT2D eigenvalue weighted by atomic mass is 79.9. The van der Waals surface area contributed by atoms with Crippen molar-refractivity contribution in [1.29, 1.82) is 0 Å². The molecular formula is C12H16BrNO3. The van der Waals surface area contributed by atoms with Crippen molar-refractivity contribution >= 4 is 21.8 Å². The highest BCUT2D eigenvalue weighted by Crippen LogP contribution is 2.12. The first-order chi connectivity index (χ1) is 8.04. The zero-order chi connectivity index (χ0) is 12.8. The van der Waals surface area contributed by atoms with Crippen molar-refractivity contribution in [3.8, 4) is 0 Å². The van der Waals surface area contributed by atoms with Gasteiger partial charge in [0.1, 0.15) is 0 Å². The van der Waals surface area contributed by atoms with E-state index < -0.39 is 6.10 Å². The third-order valence-electron chi connectivity index (χ3n) is 2.23. The highest BCUT2D eigenvalue weighted by Gasteiger charge is 2.16. The summed E-state index contributed by atoms with van der Waals surface area (Å²) >= 11 is 3.30. The molecule has 94 valence electrons. The molecule has 1 unspecified atom stereocenters. The average molecular weight is 302 g/mol. The third kappa shape index (κ3) is 4.46. The Morgan fingerprint density at radius 3 is 2.47 bits per heavy atom. The summed E-state index contributed by atoms with van der Waals surface area (Å²) in [7, 11) is 0. The smallest absolute Gasteiger partial charge is 0.254 e. The second kappa shape index (κ2) is 6.74. The van der Waals surface area contributed by atoms with E-state index in [2.05, 4.69) is 15.9 Å². The van der Waals surface area contributed by atoms with Crippen LogP contribution in [0.4, 0.5) is 0 Å². The van der Waals surface area contributed by atoms with Crippen LogP contribution in [0, 0.1) is 0 Å². The van der Waals surface area contributed by atoms with Crippen molar-refractivity contribution in [2.45, 2.75) is 13.0 Å². The average Bonchev–Trinajstić information content (AvgIpc) is 2.28. The molecule has 0 aliphatic rings. The Kier molecular flexibility index (Phi) is 5.61. The standard InChI is InChI=1S/C12H16BrNO3/c1-9(16)8-14(6-7-15)12(17)10-2-4-11(13)5-3-10/h2-5,9,15-16H,6-8H2,1H3. The van der Waals surface area contributed by atoms with E-state index in [-0.39, 0.29) is 25.6 Å². The fraction of sp³-hybridized carbons (Fsp3) is 0.417. The van der Waals surface area contributed by atoms with Crippen LogP contribution in [0.1, 0.15) is 17.3 Å². The van der Waals surface area contributed by atoms with Gasteiger partial charge < -0.3 is 15.1 Å². The zero-order valence-electron chi connectivity index (χ0n) is 9.64.